The lowest BCUT2D eigenvalue weighted by Gasteiger charge is -2.36. The number of carbonyl (C=O) groups is 1. The van der Waals surface area contributed by atoms with E-state index in [1.165, 1.54) is 6.20 Å². The monoisotopic (exact) mass is 630 g/mol. The summed E-state index contributed by atoms with van der Waals surface area (Å²) in [5, 5.41) is 23.4. The number of hydrogen-bond donors (Lipinski definition) is 1. The smallest absolute Gasteiger partial charge is 0.354 e. The van der Waals surface area contributed by atoms with Crippen molar-refractivity contribution in [3.05, 3.63) is 179 Å². The third-order valence-electron chi connectivity index (χ3n) is 8.77. The minimum Gasteiger partial charge on any atom is -0.477 e. The summed E-state index contributed by atoms with van der Waals surface area (Å²) in [6.07, 6.45) is 3.04. The number of rotatable bonds is 11. The second-order valence-corrected chi connectivity index (χ2v) is 11.7. The van der Waals surface area contributed by atoms with Crippen LogP contribution in [0.4, 0.5) is 0 Å². The fraction of sp³-hybridized carbons (Fsp3) is 0.125. The molecule has 0 spiro atoms. The van der Waals surface area contributed by atoms with Gasteiger partial charge in [0.15, 0.2) is 5.82 Å². The number of nitrogens with zero attached hydrogens (tertiary/aromatic N) is 6. The molecule has 0 saturated heterocycles. The zero-order chi connectivity index (χ0) is 32.9. The van der Waals surface area contributed by atoms with E-state index in [2.05, 4.69) is 82.9 Å². The van der Waals surface area contributed by atoms with Crippen molar-refractivity contribution >= 4 is 5.97 Å². The Kier molecular flexibility index (Phi) is 8.45. The molecule has 7 rings (SSSR count). The van der Waals surface area contributed by atoms with Crippen molar-refractivity contribution in [3.8, 4) is 22.5 Å². The number of aryl methyl sites for hydroxylation is 1. The molecule has 0 aliphatic rings. The van der Waals surface area contributed by atoms with Gasteiger partial charge in [0.25, 0.3) is 0 Å². The molecule has 0 saturated carbocycles. The van der Waals surface area contributed by atoms with Crippen LogP contribution in [0, 0.1) is 0 Å². The van der Waals surface area contributed by atoms with Gasteiger partial charge < -0.3 is 9.67 Å². The second-order valence-electron chi connectivity index (χ2n) is 11.7. The van der Waals surface area contributed by atoms with Crippen molar-refractivity contribution in [2.45, 2.75) is 31.8 Å². The minimum atomic E-state index is -0.981. The second kappa shape index (κ2) is 13.3. The van der Waals surface area contributed by atoms with Crippen LogP contribution in [0.25, 0.3) is 22.5 Å². The van der Waals surface area contributed by atoms with E-state index in [1.807, 2.05) is 83.5 Å². The Hall–Kier alpha value is -6.15. The molecular weight excluding hydrogens is 596 g/mol. The fourth-order valence-electron chi connectivity index (χ4n) is 6.57. The molecule has 8 nitrogen and oxygen atoms in total. The van der Waals surface area contributed by atoms with Gasteiger partial charge in [0.1, 0.15) is 17.1 Å². The van der Waals surface area contributed by atoms with E-state index in [9.17, 15) is 9.90 Å². The summed E-state index contributed by atoms with van der Waals surface area (Å²) in [7, 11) is 0. The van der Waals surface area contributed by atoms with Crippen molar-refractivity contribution < 1.29 is 9.90 Å². The molecule has 48 heavy (non-hydrogen) atoms. The molecule has 1 N–H and O–H groups in total. The number of hydrogen-bond acceptors (Lipinski definition) is 5. The van der Waals surface area contributed by atoms with Gasteiger partial charge in [-0.1, -0.05) is 146 Å². The van der Waals surface area contributed by atoms with E-state index in [-0.39, 0.29) is 5.69 Å². The van der Waals surface area contributed by atoms with Crippen LogP contribution < -0.4 is 0 Å². The lowest BCUT2D eigenvalue weighted by molar-refractivity contribution is 0.0685. The Labute approximate surface area is 279 Å². The molecule has 0 aliphatic carbocycles. The summed E-state index contributed by atoms with van der Waals surface area (Å²) >= 11 is 0. The lowest BCUT2D eigenvalue weighted by atomic mass is 9.77. The third kappa shape index (κ3) is 5.47. The Morgan fingerprint density at radius 1 is 0.708 bits per heavy atom. The van der Waals surface area contributed by atoms with Crippen LogP contribution in [0.5, 0.6) is 0 Å². The summed E-state index contributed by atoms with van der Waals surface area (Å²) < 4.78 is 3.74. The van der Waals surface area contributed by atoms with Crippen LogP contribution in [0.3, 0.4) is 0 Å². The molecule has 0 radical (unpaired) electrons. The Balaban J connectivity index is 1.35. The molecular formula is C40H34N6O2. The first-order valence-corrected chi connectivity index (χ1v) is 16.0. The quantitative estimate of drug-likeness (QED) is 0.147. The Bertz CT molecular complexity index is 2040. The number of carboxylic acid groups (broad SMARTS) is 1. The largest absolute Gasteiger partial charge is 0.477 e. The van der Waals surface area contributed by atoms with E-state index in [0.29, 0.717) is 18.8 Å². The molecule has 0 atom stereocenters. The molecule has 0 amide bonds. The molecule has 7 aromatic rings. The zero-order valence-electron chi connectivity index (χ0n) is 26.5. The number of carboxylic acids is 1. The molecule has 2 aromatic heterocycles. The van der Waals surface area contributed by atoms with E-state index in [0.717, 1.165) is 51.2 Å². The maximum absolute atomic E-state index is 11.9. The predicted octanol–water partition coefficient (Wildman–Crippen LogP) is 7.74. The maximum Gasteiger partial charge on any atom is 0.354 e. The standard InChI is InChI=1S/C40H34N6O2/c1-2-14-37-41-27-36(39(47)48)45(37)28-29-23-25-30(26-24-29)34-21-12-13-22-35(34)38-42-43-44-46(38)40(31-15-6-3-7-16-31,32-17-8-4-9-18-32)33-19-10-5-11-20-33/h3-13,15-27H,2,14,28H2,1H3,(H,47,48). The van der Waals surface area contributed by atoms with Crippen LogP contribution >= 0.6 is 0 Å². The maximum atomic E-state index is 11.9. The van der Waals surface area contributed by atoms with Crippen LogP contribution in [-0.2, 0) is 18.5 Å². The van der Waals surface area contributed by atoms with Crippen LogP contribution in [0.2, 0.25) is 0 Å². The fourth-order valence-corrected chi connectivity index (χ4v) is 6.57. The van der Waals surface area contributed by atoms with Gasteiger partial charge in [0, 0.05) is 18.5 Å². The molecule has 5 aromatic carbocycles. The van der Waals surface area contributed by atoms with Crippen molar-refractivity contribution in [2.24, 2.45) is 0 Å². The number of tetrazole rings is 1. The molecule has 8 heteroatoms. The molecule has 0 unspecified atom stereocenters. The molecule has 0 aliphatic heterocycles. The first-order chi connectivity index (χ1) is 23.6. The third-order valence-corrected chi connectivity index (χ3v) is 8.77. The Morgan fingerprint density at radius 3 is 1.79 bits per heavy atom. The van der Waals surface area contributed by atoms with Gasteiger partial charge >= 0.3 is 5.97 Å². The molecule has 0 bridgehead atoms. The average molecular weight is 631 g/mol. The van der Waals surface area contributed by atoms with E-state index in [1.54, 1.807) is 4.57 Å². The van der Waals surface area contributed by atoms with Gasteiger partial charge in [-0.25, -0.2) is 14.5 Å². The van der Waals surface area contributed by atoms with Gasteiger partial charge in [-0.3, -0.25) is 0 Å². The highest BCUT2D eigenvalue weighted by Crippen LogP contribution is 2.43. The normalized spacial score (nSPS) is 11.4. The summed E-state index contributed by atoms with van der Waals surface area (Å²) in [6, 6.07) is 47.4. The molecule has 236 valence electrons. The SMILES string of the molecule is CCCc1ncc(C(=O)O)n1Cc1ccc(-c2ccccc2-c2nnnn2C(c2ccccc2)(c2ccccc2)c2ccccc2)cc1. The van der Waals surface area contributed by atoms with Gasteiger partial charge in [-0.05, 0) is 50.2 Å². The van der Waals surface area contributed by atoms with Crippen LogP contribution in [-0.4, -0.2) is 40.8 Å². The van der Waals surface area contributed by atoms with E-state index in [4.69, 9.17) is 5.21 Å². The van der Waals surface area contributed by atoms with Crippen molar-refractivity contribution in [1.29, 1.82) is 0 Å². The molecule has 0 fully saturated rings. The number of benzene rings is 5. The average Bonchev–Trinajstić information content (AvgIpc) is 3.79. The zero-order valence-corrected chi connectivity index (χ0v) is 26.5. The first kappa shape index (κ1) is 30.5. The number of aromatic nitrogens is 6. The van der Waals surface area contributed by atoms with Crippen molar-refractivity contribution in [3.63, 3.8) is 0 Å². The number of aromatic carboxylic acids is 1. The highest BCUT2D eigenvalue weighted by Gasteiger charge is 2.42. The van der Waals surface area contributed by atoms with Gasteiger partial charge in [0.05, 0.1) is 6.20 Å². The lowest BCUT2D eigenvalue weighted by Crippen LogP contribution is -2.39. The predicted molar refractivity (Wildman–Crippen MR) is 186 cm³/mol. The number of imidazole rings is 1. The van der Waals surface area contributed by atoms with E-state index < -0.39 is 11.5 Å². The Morgan fingerprint density at radius 2 is 1.25 bits per heavy atom. The van der Waals surface area contributed by atoms with Crippen LogP contribution in [0.15, 0.2) is 146 Å². The van der Waals surface area contributed by atoms with Crippen molar-refractivity contribution in [1.82, 2.24) is 29.8 Å². The minimum absolute atomic E-state index is 0.193. The van der Waals surface area contributed by atoms with Gasteiger partial charge in [-0.2, -0.15) is 0 Å². The van der Waals surface area contributed by atoms with Crippen molar-refractivity contribution in [2.75, 3.05) is 0 Å². The van der Waals surface area contributed by atoms with Gasteiger partial charge in [-0.15, -0.1) is 5.10 Å². The topological polar surface area (TPSA) is 98.7 Å². The first-order valence-electron chi connectivity index (χ1n) is 16.0. The van der Waals surface area contributed by atoms with Crippen LogP contribution in [0.1, 0.15) is 51.9 Å². The highest BCUT2D eigenvalue weighted by atomic mass is 16.4. The summed E-state index contributed by atoms with van der Waals surface area (Å²) in [6.45, 7) is 2.48. The van der Waals surface area contributed by atoms with E-state index >= 15 is 0 Å². The summed E-state index contributed by atoms with van der Waals surface area (Å²) in [4.78, 5) is 16.3. The summed E-state index contributed by atoms with van der Waals surface area (Å²) in [5.74, 6) is 0.417. The van der Waals surface area contributed by atoms with Gasteiger partial charge in [0.2, 0.25) is 0 Å². The summed E-state index contributed by atoms with van der Waals surface area (Å²) in [5.41, 5.74) is 6.24. The highest BCUT2D eigenvalue weighted by molar-refractivity contribution is 5.85. The molecule has 2 heterocycles.